The molecule has 0 saturated carbocycles. The van der Waals surface area contributed by atoms with Crippen LogP contribution in [0.15, 0.2) is 4.99 Å². The van der Waals surface area contributed by atoms with Crippen molar-refractivity contribution in [1.82, 2.24) is 16.0 Å². The van der Waals surface area contributed by atoms with Gasteiger partial charge in [0, 0.05) is 6.54 Å². The summed E-state index contributed by atoms with van der Waals surface area (Å²) in [5.41, 5.74) is 16.5. The second-order valence-electron chi connectivity index (χ2n) is 9.04. The molecule has 0 aliphatic rings. The minimum Gasteiger partial charge on any atom is -0.480 e. The molecule has 5 unspecified atom stereocenters. The molecular weight excluding hydrogens is 446 g/mol. The molecular formula is C21H41N7O6. The molecule has 0 radical (unpaired) electrons. The number of carboxylic acids is 1. The van der Waals surface area contributed by atoms with Crippen LogP contribution in [0.25, 0.3) is 0 Å². The van der Waals surface area contributed by atoms with Gasteiger partial charge in [-0.15, -0.1) is 0 Å². The normalized spacial score (nSPS) is 15.6. The molecule has 0 rings (SSSR count). The molecule has 0 spiro atoms. The first-order chi connectivity index (χ1) is 15.7. The van der Waals surface area contributed by atoms with Crippen LogP contribution < -0.4 is 33.2 Å². The number of carboxylic acid groups (broad SMARTS) is 1. The number of nitrogens with one attached hydrogen (secondary N) is 3. The molecule has 13 heteroatoms. The van der Waals surface area contributed by atoms with Gasteiger partial charge in [-0.25, -0.2) is 4.79 Å². The Morgan fingerprint density at radius 1 is 0.882 bits per heavy atom. The summed E-state index contributed by atoms with van der Waals surface area (Å²) in [7, 11) is 0. The Morgan fingerprint density at radius 3 is 1.88 bits per heavy atom. The van der Waals surface area contributed by atoms with E-state index in [4.69, 9.17) is 17.2 Å². The minimum absolute atomic E-state index is 0.105. The van der Waals surface area contributed by atoms with E-state index in [0.717, 1.165) is 0 Å². The van der Waals surface area contributed by atoms with Crippen molar-refractivity contribution < 1.29 is 29.4 Å². The summed E-state index contributed by atoms with van der Waals surface area (Å²) >= 11 is 0. The maximum Gasteiger partial charge on any atom is 0.328 e. The molecule has 0 aromatic rings. The van der Waals surface area contributed by atoms with E-state index in [1.54, 1.807) is 13.8 Å². The number of aliphatic carboxylic acids is 1. The van der Waals surface area contributed by atoms with Crippen molar-refractivity contribution in [3.8, 4) is 0 Å². The summed E-state index contributed by atoms with van der Waals surface area (Å²) in [6.45, 7) is 8.60. The average molecular weight is 488 g/mol. The number of carbonyl (C=O) groups is 4. The quantitative estimate of drug-likeness (QED) is 0.0722. The van der Waals surface area contributed by atoms with Crippen LogP contribution in [-0.4, -0.2) is 76.7 Å². The molecule has 0 aromatic carbocycles. The van der Waals surface area contributed by atoms with Gasteiger partial charge < -0.3 is 43.4 Å². The molecule has 13 nitrogen and oxygen atoms in total. The minimum atomic E-state index is -1.55. The number of hydrogen-bond acceptors (Lipinski definition) is 7. The number of carbonyl (C=O) groups excluding carboxylic acids is 3. The topological polar surface area (TPSA) is 235 Å². The third-order valence-corrected chi connectivity index (χ3v) is 4.93. The second-order valence-corrected chi connectivity index (χ2v) is 9.04. The van der Waals surface area contributed by atoms with Crippen LogP contribution in [0.2, 0.25) is 0 Å². The number of guanidine groups is 1. The third-order valence-electron chi connectivity index (χ3n) is 4.93. The maximum atomic E-state index is 13.0. The summed E-state index contributed by atoms with van der Waals surface area (Å²) in [6.07, 6.45) is -0.408. The van der Waals surface area contributed by atoms with Crippen LogP contribution in [0.1, 0.15) is 53.9 Å². The Bertz CT molecular complexity index is 722. The van der Waals surface area contributed by atoms with Gasteiger partial charge in [-0.05, 0) is 38.0 Å². The number of nitrogens with zero attached hydrogens (tertiary/aromatic N) is 1. The highest BCUT2D eigenvalue weighted by atomic mass is 16.4. The molecule has 5 atom stereocenters. The summed E-state index contributed by atoms with van der Waals surface area (Å²) in [6, 6.07) is -4.51. The lowest BCUT2D eigenvalue weighted by Crippen LogP contribution is -2.59. The molecule has 3 amide bonds. The number of aliphatic hydroxyl groups excluding tert-OH is 1. The van der Waals surface area contributed by atoms with Crippen LogP contribution in [0.3, 0.4) is 0 Å². The molecule has 0 aromatic heterocycles. The van der Waals surface area contributed by atoms with Crippen molar-refractivity contribution >= 4 is 29.7 Å². The van der Waals surface area contributed by atoms with Crippen molar-refractivity contribution in [2.24, 2.45) is 34.0 Å². The Kier molecular flexibility index (Phi) is 13.8. The van der Waals surface area contributed by atoms with Gasteiger partial charge in [-0.1, -0.05) is 27.7 Å². The predicted octanol–water partition coefficient (Wildman–Crippen LogP) is -2.01. The predicted molar refractivity (Wildman–Crippen MR) is 127 cm³/mol. The Hall–Kier alpha value is -2.93. The fourth-order valence-corrected chi connectivity index (χ4v) is 3.09. The van der Waals surface area contributed by atoms with Gasteiger partial charge in [0.2, 0.25) is 17.7 Å². The van der Waals surface area contributed by atoms with Crippen LogP contribution in [0.5, 0.6) is 0 Å². The van der Waals surface area contributed by atoms with Crippen molar-refractivity contribution in [1.29, 1.82) is 0 Å². The summed E-state index contributed by atoms with van der Waals surface area (Å²) in [5.74, 6) is -3.71. The number of rotatable bonds is 15. The fourth-order valence-electron chi connectivity index (χ4n) is 3.09. The summed E-state index contributed by atoms with van der Waals surface area (Å²) < 4.78 is 0. The molecule has 34 heavy (non-hydrogen) atoms. The highest BCUT2D eigenvalue weighted by molar-refractivity contribution is 5.94. The molecule has 11 N–H and O–H groups in total. The SMILES string of the molecule is CC(C)CC(N)C(=O)NC(CCCN=C(N)N)C(=O)NC(C(=O)NC(C(=O)O)C(C)O)C(C)C. The van der Waals surface area contributed by atoms with E-state index < -0.39 is 59.9 Å². The zero-order valence-electron chi connectivity index (χ0n) is 20.6. The molecule has 0 heterocycles. The van der Waals surface area contributed by atoms with Gasteiger partial charge >= 0.3 is 5.97 Å². The molecule has 0 fully saturated rings. The van der Waals surface area contributed by atoms with Crippen molar-refractivity contribution in [2.45, 2.75) is 84.2 Å². The molecule has 0 aliphatic carbocycles. The monoisotopic (exact) mass is 487 g/mol. The van der Waals surface area contributed by atoms with Crippen LogP contribution in [-0.2, 0) is 19.2 Å². The molecule has 196 valence electrons. The Balaban J connectivity index is 5.52. The highest BCUT2D eigenvalue weighted by Gasteiger charge is 2.33. The van der Waals surface area contributed by atoms with E-state index >= 15 is 0 Å². The van der Waals surface area contributed by atoms with E-state index in [2.05, 4.69) is 20.9 Å². The van der Waals surface area contributed by atoms with E-state index in [0.29, 0.717) is 12.8 Å². The first kappa shape index (κ1) is 31.1. The van der Waals surface area contributed by atoms with Crippen molar-refractivity contribution in [3.05, 3.63) is 0 Å². The smallest absolute Gasteiger partial charge is 0.328 e. The van der Waals surface area contributed by atoms with Gasteiger partial charge in [0.05, 0.1) is 12.1 Å². The number of nitrogens with two attached hydrogens (primary N) is 3. The molecule has 0 aliphatic heterocycles. The number of amides is 3. The zero-order valence-corrected chi connectivity index (χ0v) is 20.6. The first-order valence-corrected chi connectivity index (χ1v) is 11.3. The van der Waals surface area contributed by atoms with Gasteiger partial charge in [0.15, 0.2) is 12.0 Å². The van der Waals surface area contributed by atoms with E-state index in [-0.39, 0.29) is 24.8 Å². The van der Waals surface area contributed by atoms with Gasteiger partial charge in [0.1, 0.15) is 12.1 Å². The van der Waals surface area contributed by atoms with Crippen LogP contribution in [0, 0.1) is 11.8 Å². The first-order valence-electron chi connectivity index (χ1n) is 11.3. The highest BCUT2D eigenvalue weighted by Crippen LogP contribution is 2.08. The third kappa shape index (κ3) is 11.8. The Morgan fingerprint density at radius 2 is 1.44 bits per heavy atom. The van der Waals surface area contributed by atoms with Gasteiger partial charge in [0.25, 0.3) is 0 Å². The second kappa shape index (κ2) is 15.1. The van der Waals surface area contributed by atoms with Crippen LogP contribution in [0.4, 0.5) is 0 Å². The van der Waals surface area contributed by atoms with E-state index in [9.17, 15) is 29.4 Å². The van der Waals surface area contributed by atoms with Gasteiger partial charge in [-0.3, -0.25) is 19.4 Å². The van der Waals surface area contributed by atoms with Crippen molar-refractivity contribution in [2.75, 3.05) is 6.54 Å². The van der Waals surface area contributed by atoms with Crippen molar-refractivity contribution in [3.63, 3.8) is 0 Å². The standard InChI is InChI=1S/C21H41N7O6/c1-10(2)9-13(22)17(30)26-14(7-6-8-25-21(23)24)18(31)27-15(11(3)4)19(32)28-16(12(5)29)20(33)34/h10-16,29H,6-9,22H2,1-5H3,(H,26,30)(H,27,31)(H,28,32)(H,33,34)(H4,23,24,25). The fraction of sp³-hybridized carbons (Fsp3) is 0.762. The van der Waals surface area contributed by atoms with E-state index in [1.165, 1.54) is 6.92 Å². The lowest BCUT2D eigenvalue weighted by molar-refractivity contribution is -0.145. The van der Waals surface area contributed by atoms with E-state index in [1.807, 2.05) is 13.8 Å². The zero-order chi connectivity index (χ0) is 26.6. The lowest BCUT2D eigenvalue weighted by atomic mass is 10.0. The van der Waals surface area contributed by atoms with Gasteiger partial charge in [-0.2, -0.15) is 0 Å². The largest absolute Gasteiger partial charge is 0.480 e. The molecule has 0 bridgehead atoms. The number of aliphatic hydroxyl groups is 1. The number of aliphatic imine (C=N–C) groups is 1. The Labute approximate surface area is 200 Å². The lowest BCUT2D eigenvalue weighted by Gasteiger charge is -2.27. The maximum absolute atomic E-state index is 13.0. The summed E-state index contributed by atoms with van der Waals surface area (Å²) in [4.78, 5) is 53.4. The summed E-state index contributed by atoms with van der Waals surface area (Å²) in [5, 5.41) is 26.2. The molecule has 0 saturated heterocycles. The average Bonchev–Trinajstić information content (AvgIpc) is 2.70. The number of hydrogen-bond donors (Lipinski definition) is 8. The van der Waals surface area contributed by atoms with Crippen LogP contribution >= 0.6 is 0 Å².